The summed E-state index contributed by atoms with van der Waals surface area (Å²) in [6.45, 7) is 4.16. The van der Waals surface area contributed by atoms with Crippen LogP contribution < -0.4 is 0 Å². The molecule has 19 heavy (non-hydrogen) atoms. The van der Waals surface area contributed by atoms with Crippen LogP contribution in [0.3, 0.4) is 0 Å². The van der Waals surface area contributed by atoms with Crippen molar-refractivity contribution in [2.24, 2.45) is 0 Å². The number of fused-ring (bicyclic) bond motifs is 1. The van der Waals surface area contributed by atoms with Gasteiger partial charge in [0.05, 0.1) is 11.4 Å². The summed E-state index contributed by atoms with van der Waals surface area (Å²) >= 11 is 6.13. The molecule has 0 saturated heterocycles. The van der Waals surface area contributed by atoms with E-state index in [0.717, 1.165) is 30.1 Å². The molecule has 0 saturated carbocycles. The summed E-state index contributed by atoms with van der Waals surface area (Å²) in [4.78, 5) is 13.5. The number of pyridine rings is 1. The van der Waals surface area contributed by atoms with Gasteiger partial charge in [-0.05, 0) is 30.5 Å². The average Bonchev–Trinajstić information content (AvgIpc) is 2.81. The number of nitrogens with zero attached hydrogens (tertiary/aromatic N) is 3. The summed E-state index contributed by atoms with van der Waals surface area (Å²) < 4.78 is 0. The number of hydrogen-bond donors (Lipinski definition) is 0. The van der Waals surface area contributed by atoms with Crippen LogP contribution in [0.4, 0.5) is 0 Å². The van der Waals surface area contributed by atoms with Gasteiger partial charge >= 0.3 is 0 Å². The molecular weight excluding hydrogens is 258 g/mol. The molecular formula is C15H16ClN3. The van der Waals surface area contributed by atoms with Crippen LogP contribution in [-0.2, 0) is 6.42 Å². The zero-order valence-corrected chi connectivity index (χ0v) is 11.9. The molecule has 2 aromatic heterocycles. The third-order valence-corrected chi connectivity index (χ3v) is 3.76. The van der Waals surface area contributed by atoms with Crippen LogP contribution in [0.2, 0.25) is 5.15 Å². The highest BCUT2D eigenvalue weighted by Crippen LogP contribution is 2.36. The Balaban J connectivity index is 2.04. The molecule has 1 atom stereocenters. The van der Waals surface area contributed by atoms with Gasteiger partial charge in [-0.25, -0.2) is 9.97 Å². The van der Waals surface area contributed by atoms with E-state index in [1.807, 2.05) is 18.3 Å². The normalized spacial score (nSPS) is 17.8. The quantitative estimate of drug-likeness (QED) is 0.783. The largest absolute Gasteiger partial charge is 0.260 e. The van der Waals surface area contributed by atoms with E-state index in [4.69, 9.17) is 11.6 Å². The third-order valence-electron chi connectivity index (χ3n) is 3.56. The molecule has 3 nitrogen and oxygen atoms in total. The number of halogens is 1. The Labute approximate surface area is 118 Å². The van der Waals surface area contributed by atoms with E-state index >= 15 is 0 Å². The molecule has 0 radical (unpaired) electrons. The van der Waals surface area contributed by atoms with Gasteiger partial charge in [0.15, 0.2) is 0 Å². The molecule has 0 spiro atoms. The number of aromatic nitrogens is 3. The molecule has 1 aliphatic carbocycles. The van der Waals surface area contributed by atoms with Crippen molar-refractivity contribution in [2.75, 3.05) is 0 Å². The lowest BCUT2D eigenvalue weighted by Crippen LogP contribution is -2.06. The van der Waals surface area contributed by atoms with Crippen LogP contribution in [0.5, 0.6) is 0 Å². The number of hydrogen-bond acceptors (Lipinski definition) is 3. The Morgan fingerprint density at radius 2 is 2.16 bits per heavy atom. The van der Waals surface area contributed by atoms with Crippen LogP contribution in [-0.4, -0.2) is 15.0 Å². The van der Waals surface area contributed by atoms with Crippen LogP contribution in [0, 0.1) is 0 Å². The first-order valence-corrected chi connectivity index (χ1v) is 7.01. The third kappa shape index (κ3) is 2.35. The Hall–Kier alpha value is -1.48. The predicted octanol–water partition coefficient (Wildman–Crippen LogP) is 3.73. The Morgan fingerprint density at radius 3 is 2.95 bits per heavy atom. The molecule has 0 aromatic carbocycles. The van der Waals surface area contributed by atoms with Gasteiger partial charge in [-0.3, -0.25) is 4.98 Å². The first-order valence-electron chi connectivity index (χ1n) is 6.63. The maximum Gasteiger partial charge on any atom is 0.133 e. The lowest BCUT2D eigenvalue weighted by atomic mass is 10.0. The fourth-order valence-electron chi connectivity index (χ4n) is 2.59. The molecule has 0 N–H and O–H groups in total. The van der Waals surface area contributed by atoms with Crippen molar-refractivity contribution < 1.29 is 0 Å². The lowest BCUT2D eigenvalue weighted by molar-refractivity contribution is 0.703. The lowest BCUT2D eigenvalue weighted by Gasteiger charge is -2.13. The van der Waals surface area contributed by atoms with E-state index in [9.17, 15) is 0 Å². The minimum Gasteiger partial charge on any atom is -0.260 e. The van der Waals surface area contributed by atoms with Gasteiger partial charge < -0.3 is 0 Å². The van der Waals surface area contributed by atoms with Crippen molar-refractivity contribution in [2.45, 2.75) is 38.5 Å². The molecule has 98 valence electrons. The van der Waals surface area contributed by atoms with Gasteiger partial charge in [0.25, 0.3) is 0 Å². The van der Waals surface area contributed by atoms with Crippen LogP contribution in [0.1, 0.15) is 54.9 Å². The van der Waals surface area contributed by atoms with Crippen molar-refractivity contribution in [1.29, 1.82) is 0 Å². The minimum atomic E-state index is 0.259. The van der Waals surface area contributed by atoms with E-state index in [1.54, 1.807) is 0 Å². The number of aryl methyl sites for hydroxylation is 1. The summed E-state index contributed by atoms with van der Waals surface area (Å²) in [5.41, 5.74) is 3.47. The van der Waals surface area contributed by atoms with E-state index in [1.165, 1.54) is 5.56 Å². The van der Waals surface area contributed by atoms with Crippen molar-refractivity contribution in [3.63, 3.8) is 0 Å². The summed E-state index contributed by atoms with van der Waals surface area (Å²) in [5, 5.41) is 0.526. The van der Waals surface area contributed by atoms with Crippen molar-refractivity contribution in [3.8, 4) is 0 Å². The van der Waals surface area contributed by atoms with Gasteiger partial charge in [0.2, 0.25) is 0 Å². The molecule has 3 rings (SSSR count). The molecule has 1 unspecified atom stereocenters. The molecule has 0 aliphatic heterocycles. The van der Waals surface area contributed by atoms with E-state index in [0.29, 0.717) is 5.15 Å². The Morgan fingerprint density at radius 1 is 1.32 bits per heavy atom. The van der Waals surface area contributed by atoms with Gasteiger partial charge in [0, 0.05) is 18.0 Å². The van der Waals surface area contributed by atoms with Crippen LogP contribution in [0.15, 0.2) is 24.4 Å². The van der Waals surface area contributed by atoms with Crippen LogP contribution in [0.25, 0.3) is 0 Å². The Kier molecular flexibility index (Phi) is 3.23. The molecule has 2 aromatic rings. The smallest absolute Gasteiger partial charge is 0.133 e. The second kappa shape index (κ2) is 4.89. The fraction of sp³-hybridized carbons (Fsp3) is 0.400. The van der Waals surface area contributed by atoms with Crippen molar-refractivity contribution >= 4 is 11.6 Å². The highest BCUT2D eigenvalue weighted by atomic mass is 35.5. The maximum atomic E-state index is 6.13. The molecule has 0 bridgehead atoms. The van der Waals surface area contributed by atoms with Crippen LogP contribution >= 0.6 is 11.6 Å². The van der Waals surface area contributed by atoms with Gasteiger partial charge in [0.1, 0.15) is 11.0 Å². The van der Waals surface area contributed by atoms with Gasteiger partial charge in [-0.1, -0.05) is 31.5 Å². The van der Waals surface area contributed by atoms with E-state index < -0.39 is 0 Å². The van der Waals surface area contributed by atoms with Crippen molar-refractivity contribution in [1.82, 2.24) is 15.0 Å². The first kappa shape index (κ1) is 12.5. The summed E-state index contributed by atoms with van der Waals surface area (Å²) in [5.74, 6) is 1.35. The van der Waals surface area contributed by atoms with E-state index in [-0.39, 0.29) is 11.8 Å². The highest BCUT2D eigenvalue weighted by molar-refractivity contribution is 6.29. The van der Waals surface area contributed by atoms with Gasteiger partial charge in [-0.2, -0.15) is 0 Å². The summed E-state index contributed by atoms with van der Waals surface area (Å²) in [6, 6.07) is 6.02. The fourth-order valence-corrected chi connectivity index (χ4v) is 2.79. The first-order chi connectivity index (χ1) is 9.15. The zero-order chi connectivity index (χ0) is 13.4. The summed E-state index contributed by atoms with van der Waals surface area (Å²) in [6.07, 6.45) is 3.97. The Bertz CT molecular complexity index is 610. The molecule has 2 heterocycles. The standard InChI is InChI=1S/C15H16ClN3/c1-9(2)15-18-12(8-13(16)19-15)11-6-5-10-4-3-7-17-14(10)11/h3-4,7-9,11H,5-6H2,1-2H3. The second-order valence-electron chi connectivity index (χ2n) is 5.27. The zero-order valence-electron chi connectivity index (χ0n) is 11.1. The topological polar surface area (TPSA) is 38.7 Å². The SMILES string of the molecule is CC(C)c1nc(Cl)cc(C2CCc3cccnc32)n1. The highest BCUT2D eigenvalue weighted by Gasteiger charge is 2.27. The predicted molar refractivity (Wildman–Crippen MR) is 75.5 cm³/mol. The van der Waals surface area contributed by atoms with E-state index in [2.05, 4.69) is 34.9 Å². The van der Waals surface area contributed by atoms with Gasteiger partial charge in [-0.15, -0.1) is 0 Å². The van der Waals surface area contributed by atoms with Crippen molar-refractivity contribution in [3.05, 3.63) is 52.3 Å². The molecule has 4 heteroatoms. The molecule has 1 aliphatic rings. The second-order valence-corrected chi connectivity index (χ2v) is 5.65. The number of rotatable bonds is 2. The minimum absolute atomic E-state index is 0.259. The molecule has 0 amide bonds. The monoisotopic (exact) mass is 273 g/mol. The average molecular weight is 274 g/mol. The maximum absolute atomic E-state index is 6.13. The summed E-state index contributed by atoms with van der Waals surface area (Å²) in [7, 11) is 0. The molecule has 0 fully saturated rings.